The van der Waals surface area contributed by atoms with Crippen molar-refractivity contribution < 1.29 is 22.7 Å². The van der Waals surface area contributed by atoms with Crippen molar-refractivity contribution in [2.75, 3.05) is 57.9 Å². The zero-order valence-electron chi connectivity index (χ0n) is 32.4. The fourth-order valence-electron chi connectivity index (χ4n) is 10.4. The summed E-state index contributed by atoms with van der Waals surface area (Å²) >= 11 is 6.51. The van der Waals surface area contributed by atoms with Crippen molar-refractivity contribution in [1.29, 1.82) is 0 Å². The van der Waals surface area contributed by atoms with Gasteiger partial charge in [-0.15, -0.1) is 0 Å². The standard InChI is InChI=1S/C42H59ClN4O5S/c1-7-47-29(3)22-45(23-30(47)4)26-42(51-6)19-8-10-28(2)31(5)53(49,50)44-40(48)33-13-17-39-38(21-33)46(24-34-12-15-37(34)42)25-41(27-52-39)18-9-11-32-20-35(43)14-16-36(32)41/h8,13-14,16-17,19-21,28-31,34,37H,7,9-12,15,18,22-27H2,1-6H3,(H,44,48)/b19-8+/t28-,29-,30+,31+,34-,37+,41-,42-/m0/s1. The predicted octanol–water partition coefficient (Wildman–Crippen LogP) is 6.68. The van der Waals surface area contributed by atoms with Gasteiger partial charge in [0.05, 0.1) is 17.5 Å². The number of hydrogen-bond donors (Lipinski definition) is 1. The maximum absolute atomic E-state index is 13.7. The summed E-state index contributed by atoms with van der Waals surface area (Å²) in [6.45, 7) is 16.3. The number of methoxy groups -OCH3 is 1. The lowest BCUT2D eigenvalue weighted by atomic mass is 9.63. The number of nitrogens with one attached hydrogen (secondary N) is 1. The maximum Gasteiger partial charge on any atom is 0.264 e. The van der Waals surface area contributed by atoms with Gasteiger partial charge in [-0.25, -0.2) is 13.1 Å². The first-order chi connectivity index (χ1) is 25.3. The molecule has 5 aliphatic rings. The van der Waals surface area contributed by atoms with Gasteiger partial charge >= 0.3 is 0 Å². The van der Waals surface area contributed by atoms with Gasteiger partial charge in [0.1, 0.15) is 11.4 Å². The van der Waals surface area contributed by atoms with Crippen LogP contribution in [0.1, 0.15) is 88.2 Å². The van der Waals surface area contributed by atoms with Crippen molar-refractivity contribution in [3.05, 3.63) is 70.3 Å². The first-order valence-electron chi connectivity index (χ1n) is 19.9. The summed E-state index contributed by atoms with van der Waals surface area (Å²) in [7, 11) is -2.09. The number of carbonyl (C=O) groups excluding carboxylic acids is 1. The van der Waals surface area contributed by atoms with Crippen LogP contribution in [0.2, 0.25) is 5.02 Å². The second-order valence-corrected chi connectivity index (χ2v) is 19.4. The van der Waals surface area contributed by atoms with E-state index in [1.807, 2.05) is 32.2 Å². The number of nitrogens with zero attached hydrogens (tertiary/aromatic N) is 3. The molecule has 1 spiro atoms. The Morgan fingerprint density at radius 1 is 1.04 bits per heavy atom. The Balaban J connectivity index is 1.30. The van der Waals surface area contributed by atoms with Crippen molar-refractivity contribution in [3.63, 3.8) is 0 Å². The lowest BCUT2D eigenvalue weighted by molar-refractivity contribution is -0.102. The third kappa shape index (κ3) is 7.40. The number of amides is 1. The number of benzene rings is 2. The van der Waals surface area contributed by atoms with E-state index >= 15 is 0 Å². The number of fused-ring (bicyclic) bond motifs is 4. The lowest BCUT2D eigenvalue weighted by Crippen LogP contribution is -2.62. The van der Waals surface area contributed by atoms with E-state index in [1.165, 1.54) is 11.1 Å². The van der Waals surface area contributed by atoms with Crippen LogP contribution in [0.25, 0.3) is 0 Å². The van der Waals surface area contributed by atoms with Crippen molar-refractivity contribution in [3.8, 4) is 5.75 Å². The van der Waals surface area contributed by atoms with Crippen LogP contribution in [0.15, 0.2) is 48.6 Å². The lowest BCUT2D eigenvalue weighted by Gasteiger charge is -2.53. The topological polar surface area (TPSA) is 91.4 Å². The number of halogens is 1. The number of sulfonamides is 1. The molecule has 1 saturated heterocycles. The Kier molecular flexibility index (Phi) is 11.0. The quantitative estimate of drug-likeness (QED) is 0.345. The van der Waals surface area contributed by atoms with Crippen LogP contribution >= 0.6 is 11.6 Å². The smallest absolute Gasteiger partial charge is 0.264 e. The summed E-state index contributed by atoms with van der Waals surface area (Å²) in [6.07, 6.45) is 10.1. The average Bonchev–Trinajstić information content (AvgIpc) is 3.25. The van der Waals surface area contributed by atoms with Crippen LogP contribution in [0.3, 0.4) is 0 Å². The van der Waals surface area contributed by atoms with Gasteiger partial charge in [0.25, 0.3) is 5.91 Å². The molecule has 7 rings (SSSR count). The van der Waals surface area contributed by atoms with Gasteiger partial charge in [0, 0.05) is 67.9 Å². The number of piperazine rings is 1. The first-order valence-corrected chi connectivity index (χ1v) is 21.8. The van der Waals surface area contributed by atoms with Crippen LogP contribution in [0, 0.1) is 17.8 Å². The summed E-state index contributed by atoms with van der Waals surface area (Å²) in [6, 6.07) is 12.6. The molecule has 9 nitrogen and oxygen atoms in total. The van der Waals surface area contributed by atoms with Crippen molar-refractivity contribution in [2.45, 2.75) is 101 Å². The molecule has 290 valence electrons. The van der Waals surface area contributed by atoms with E-state index in [2.05, 4.69) is 64.5 Å². The summed E-state index contributed by atoms with van der Waals surface area (Å²) in [5.74, 6) is 0.485. The number of aryl methyl sites for hydroxylation is 1. The number of carbonyl (C=O) groups is 1. The average molecular weight is 767 g/mol. The van der Waals surface area contributed by atoms with Gasteiger partial charge in [-0.2, -0.15) is 0 Å². The largest absolute Gasteiger partial charge is 0.490 e. The number of hydrogen-bond acceptors (Lipinski definition) is 8. The summed E-state index contributed by atoms with van der Waals surface area (Å²) in [4.78, 5) is 21.3. The highest BCUT2D eigenvalue weighted by molar-refractivity contribution is 7.90. The van der Waals surface area contributed by atoms with Gasteiger partial charge in [0.2, 0.25) is 10.0 Å². The van der Waals surface area contributed by atoms with E-state index in [-0.39, 0.29) is 17.3 Å². The van der Waals surface area contributed by atoms with Crippen LogP contribution in [-0.2, 0) is 26.6 Å². The molecule has 0 aromatic heterocycles. The molecule has 0 unspecified atom stereocenters. The van der Waals surface area contributed by atoms with Gasteiger partial charge in [-0.3, -0.25) is 14.6 Å². The minimum absolute atomic E-state index is 0.218. The molecule has 2 aliphatic carbocycles. The van der Waals surface area contributed by atoms with Gasteiger partial charge in [-0.05, 0) is 125 Å². The summed E-state index contributed by atoms with van der Waals surface area (Å²) in [5.41, 5.74) is 2.91. The molecule has 0 radical (unpaired) electrons. The highest BCUT2D eigenvalue weighted by Crippen LogP contribution is 2.49. The fraction of sp³-hybridized carbons (Fsp3) is 0.643. The molecule has 1 saturated carbocycles. The zero-order valence-corrected chi connectivity index (χ0v) is 34.0. The summed E-state index contributed by atoms with van der Waals surface area (Å²) < 4.78 is 43.1. The minimum Gasteiger partial charge on any atom is -0.490 e. The van der Waals surface area contributed by atoms with Crippen LogP contribution in [-0.4, -0.2) is 100 Å². The van der Waals surface area contributed by atoms with Gasteiger partial charge in [0.15, 0.2) is 0 Å². The molecule has 2 aromatic rings. The Morgan fingerprint density at radius 2 is 1.81 bits per heavy atom. The summed E-state index contributed by atoms with van der Waals surface area (Å²) in [5, 5.41) is -0.0271. The minimum atomic E-state index is -3.96. The molecule has 8 atom stereocenters. The number of rotatable bonds is 4. The van der Waals surface area contributed by atoms with Crippen molar-refractivity contribution in [1.82, 2.24) is 14.5 Å². The molecule has 1 amide bonds. The van der Waals surface area contributed by atoms with E-state index in [9.17, 15) is 13.2 Å². The van der Waals surface area contributed by atoms with Crippen LogP contribution < -0.4 is 14.4 Å². The maximum atomic E-state index is 13.7. The molecule has 3 heterocycles. The number of ether oxygens (including phenoxy) is 2. The SMILES string of the molecule is CCN1[C@H](C)CN(C[C@@]2(OC)/C=C/C[C@H](C)[C@@H](C)S(=O)(=O)NC(=O)c3ccc4c(c3)N(C[C@@H]3CC[C@H]32)C[C@@]2(CCCc3cc(Cl)ccc32)CO4)C[C@@H]1C. The van der Waals surface area contributed by atoms with E-state index in [1.54, 1.807) is 13.0 Å². The van der Waals surface area contributed by atoms with Crippen LogP contribution in [0.5, 0.6) is 5.75 Å². The highest BCUT2D eigenvalue weighted by Gasteiger charge is 2.50. The zero-order chi connectivity index (χ0) is 37.7. The molecule has 2 fully saturated rings. The van der Waals surface area contributed by atoms with Crippen molar-refractivity contribution in [2.24, 2.45) is 17.8 Å². The first kappa shape index (κ1) is 38.6. The van der Waals surface area contributed by atoms with Crippen LogP contribution in [0.4, 0.5) is 5.69 Å². The number of allylic oxidation sites excluding steroid dienone is 1. The molecule has 2 aromatic carbocycles. The molecule has 2 bridgehead atoms. The third-order valence-electron chi connectivity index (χ3n) is 13.6. The molecule has 1 N–H and O–H groups in total. The molecule has 53 heavy (non-hydrogen) atoms. The molecular weight excluding hydrogens is 708 g/mol. The predicted molar refractivity (Wildman–Crippen MR) is 213 cm³/mol. The van der Waals surface area contributed by atoms with E-state index in [0.717, 1.165) is 87.8 Å². The third-order valence-corrected chi connectivity index (χ3v) is 15.8. The van der Waals surface area contributed by atoms with E-state index < -0.39 is 26.8 Å². The Morgan fingerprint density at radius 3 is 2.51 bits per heavy atom. The van der Waals surface area contributed by atoms with Crippen molar-refractivity contribution >= 4 is 33.2 Å². The normalized spacial score (nSPS) is 35.6. The number of anilines is 1. The second-order valence-electron chi connectivity index (χ2n) is 16.9. The molecule has 3 aliphatic heterocycles. The monoisotopic (exact) mass is 766 g/mol. The Hall–Kier alpha value is -2.63. The second kappa shape index (κ2) is 15.1. The fourth-order valence-corrected chi connectivity index (χ4v) is 11.9. The molecular formula is C42H59ClN4O5S. The highest BCUT2D eigenvalue weighted by atomic mass is 35.5. The van der Waals surface area contributed by atoms with Gasteiger partial charge in [-0.1, -0.05) is 43.7 Å². The Bertz CT molecular complexity index is 1810. The molecule has 11 heteroatoms. The number of likely N-dealkylation sites (N-methyl/N-ethyl adjacent to an activating group) is 1. The van der Waals surface area contributed by atoms with E-state index in [0.29, 0.717) is 36.6 Å². The van der Waals surface area contributed by atoms with E-state index in [4.69, 9.17) is 21.1 Å². The Labute approximate surface area is 322 Å². The van der Waals surface area contributed by atoms with Gasteiger partial charge < -0.3 is 14.4 Å².